The molecule has 2 atom stereocenters. The number of nitrogens with zero attached hydrogens (tertiary/aromatic N) is 3. The molecule has 0 aliphatic rings. The average molecular weight is 620 g/mol. The van der Waals surface area contributed by atoms with Gasteiger partial charge in [0.25, 0.3) is 0 Å². The zero-order valence-corrected chi connectivity index (χ0v) is 25.8. The number of benzene rings is 1. The Labute approximate surface area is 252 Å². The highest BCUT2D eigenvalue weighted by Gasteiger charge is 2.39. The molecule has 0 radical (unpaired) electrons. The molecule has 42 heavy (non-hydrogen) atoms. The van der Waals surface area contributed by atoms with Gasteiger partial charge in [-0.3, -0.25) is 4.57 Å². The number of pyridine rings is 1. The number of alkyl halides is 3. The topological polar surface area (TPSA) is 66.2 Å². The normalized spacial score (nSPS) is 13.5. The van der Waals surface area contributed by atoms with Crippen LogP contribution in [-0.4, -0.2) is 39.9 Å². The van der Waals surface area contributed by atoms with Crippen LogP contribution in [0.25, 0.3) is 27.2 Å². The summed E-state index contributed by atoms with van der Waals surface area (Å²) in [6.07, 6.45) is 2.53. The summed E-state index contributed by atoms with van der Waals surface area (Å²) in [5, 5.41) is 0.971. The van der Waals surface area contributed by atoms with Crippen molar-refractivity contribution in [3.05, 3.63) is 82.8 Å². The third-order valence-corrected chi connectivity index (χ3v) is 7.69. The Morgan fingerprint density at radius 2 is 1.83 bits per heavy atom. The Hall–Kier alpha value is -3.63. The third kappa shape index (κ3) is 7.60. The molecule has 224 valence electrons. The van der Waals surface area contributed by atoms with Crippen molar-refractivity contribution >= 4 is 39.9 Å². The molecule has 0 saturated heterocycles. The van der Waals surface area contributed by atoms with Gasteiger partial charge >= 0.3 is 12.1 Å². The number of hydrogen-bond donors (Lipinski definition) is 0. The highest BCUT2D eigenvalue weighted by Crippen LogP contribution is 2.38. The lowest BCUT2D eigenvalue weighted by Crippen LogP contribution is -2.29. The molecule has 0 fully saturated rings. The molecule has 4 rings (SSSR count). The van der Waals surface area contributed by atoms with Gasteiger partial charge in [0.1, 0.15) is 28.3 Å². The largest absolute Gasteiger partial charge is 0.488 e. The Balaban J connectivity index is 0.00000237. The number of fused-ring (bicyclic) bond motifs is 1. The minimum Gasteiger partial charge on any atom is -0.488 e. The Morgan fingerprint density at radius 3 is 2.48 bits per heavy atom. The Bertz CT molecular complexity index is 1580. The second-order valence-corrected chi connectivity index (χ2v) is 10.4. The van der Waals surface area contributed by atoms with Crippen LogP contribution in [0, 0.1) is 5.92 Å². The number of allylic oxidation sites excluding steroid dienone is 3. The van der Waals surface area contributed by atoms with Crippen LogP contribution in [0.5, 0.6) is 5.75 Å². The van der Waals surface area contributed by atoms with E-state index in [0.29, 0.717) is 22.1 Å². The molecule has 0 bridgehead atoms. The summed E-state index contributed by atoms with van der Waals surface area (Å²) in [6, 6.07) is 10.9. The Kier molecular flexibility index (Phi) is 11.4. The number of ether oxygens (including phenoxy) is 2. The van der Waals surface area contributed by atoms with Crippen LogP contribution in [0.3, 0.4) is 0 Å². The van der Waals surface area contributed by atoms with E-state index in [4.69, 9.17) is 21.1 Å². The summed E-state index contributed by atoms with van der Waals surface area (Å²) in [5.74, 6) is -1.52. The van der Waals surface area contributed by atoms with E-state index in [1.54, 1.807) is 42.2 Å². The van der Waals surface area contributed by atoms with Gasteiger partial charge in [0, 0.05) is 23.8 Å². The van der Waals surface area contributed by atoms with Crippen molar-refractivity contribution in [2.75, 3.05) is 7.11 Å². The predicted molar refractivity (Wildman–Crippen MR) is 163 cm³/mol. The van der Waals surface area contributed by atoms with E-state index in [0.717, 1.165) is 34.1 Å². The lowest BCUT2D eigenvalue weighted by Gasteiger charge is -2.25. The van der Waals surface area contributed by atoms with Crippen LogP contribution in [0.1, 0.15) is 50.7 Å². The number of imidazole rings is 1. The molecule has 6 nitrogen and oxygen atoms in total. The number of methoxy groups -OCH3 is 1. The lowest BCUT2D eigenvalue weighted by molar-refractivity contribution is -0.102. The number of thiophene rings is 1. The predicted octanol–water partition coefficient (Wildman–Crippen LogP) is 9.47. The van der Waals surface area contributed by atoms with Gasteiger partial charge in [-0.2, -0.15) is 13.2 Å². The number of hydrogen-bond acceptors (Lipinski definition) is 6. The van der Waals surface area contributed by atoms with E-state index in [1.807, 2.05) is 45.0 Å². The van der Waals surface area contributed by atoms with Gasteiger partial charge in [-0.15, -0.1) is 11.3 Å². The van der Waals surface area contributed by atoms with Crippen molar-refractivity contribution in [3.63, 3.8) is 0 Å². The minimum absolute atomic E-state index is 0.140. The number of carbonyl (C=O) groups is 1. The average Bonchev–Trinajstić information content (AvgIpc) is 3.58. The molecule has 0 amide bonds. The number of rotatable bonds is 9. The van der Waals surface area contributed by atoms with Gasteiger partial charge in [-0.05, 0) is 48.7 Å². The van der Waals surface area contributed by atoms with Crippen molar-refractivity contribution in [1.82, 2.24) is 14.5 Å². The van der Waals surface area contributed by atoms with Gasteiger partial charge in [-0.25, -0.2) is 14.8 Å². The quantitative estimate of drug-likeness (QED) is 0.106. The standard InChI is InChI=1S/C29H27ClF3N3O3S.C2H6/c1-5-6-7-8-21(29(31,32)33)17(2)18(3)39-24-15-26(40-27(24)28(37)38-4)36-16-35-22-13-19(9-10-23(22)36)20-11-12-34-25(30)14-20;1-2/h6-18H,5H2,1-4H3;1-2H3/b7-6-,21-8+;. The van der Waals surface area contributed by atoms with E-state index >= 15 is 0 Å². The molecule has 0 spiro atoms. The number of halogens is 4. The first-order chi connectivity index (χ1) is 20.0. The van der Waals surface area contributed by atoms with E-state index in [9.17, 15) is 18.0 Å². The maximum Gasteiger partial charge on any atom is 0.413 e. The first-order valence-electron chi connectivity index (χ1n) is 13.5. The van der Waals surface area contributed by atoms with E-state index < -0.39 is 29.7 Å². The fourth-order valence-corrected chi connectivity index (χ4v) is 5.29. The molecule has 0 aliphatic heterocycles. The van der Waals surface area contributed by atoms with E-state index in [-0.39, 0.29) is 10.6 Å². The van der Waals surface area contributed by atoms with Crippen molar-refractivity contribution in [1.29, 1.82) is 0 Å². The summed E-state index contributed by atoms with van der Waals surface area (Å²) in [6.45, 7) is 8.84. The van der Waals surface area contributed by atoms with Crippen molar-refractivity contribution in [2.24, 2.45) is 5.92 Å². The number of aromatic nitrogens is 3. The Morgan fingerprint density at radius 1 is 1.12 bits per heavy atom. The second kappa shape index (κ2) is 14.5. The molecule has 0 N–H and O–H groups in total. The molecule has 2 unspecified atom stereocenters. The minimum atomic E-state index is -4.53. The van der Waals surface area contributed by atoms with Crippen LogP contribution in [-0.2, 0) is 4.74 Å². The summed E-state index contributed by atoms with van der Waals surface area (Å²) < 4.78 is 54.1. The summed E-state index contributed by atoms with van der Waals surface area (Å²) in [7, 11) is 1.24. The van der Waals surface area contributed by atoms with Crippen LogP contribution < -0.4 is 4.74 Å². The highest BCUT2D eigenvalue weighted by molar-refractivity contribution is 7.16. The van der Waals surface area contributed by atoms with Crippen LogP contribution in [0.4, 0.5) is 13.2 Å². The number of carbonyl (C=O) groups excluding carboxylic acids is 1. The zero-order chi connectivity index (χ0) is 31.0. The second-order valence-electron chi connectivity index (χ2n) is 9.02. The van der Waals surface area contributed by atoms with Gasteiger partial charge in [0.2, 0.25) is 0 Å². The smallest absolute Gasteiger partial charge is 0.413 e. The molecule has 3 aromatic heterocycles. The van der Waals surface area contributed by atoms with Gasteiger partial charge < -0.3 is 9.47 Å². The fourth-order valence-electron chi connectivity index (χ4n) is 4.12. The van der Waals surface area contributed by atoms with Crippen molar-refractivity contribution < 1.29 is 27.4 Å². The van der Waals surface area contributed by atoms with Gasteiger partial charge in [-0.1, -0.05) is 63.6 Å². The highest BCUT2D eigenvalue weighted by atomic mass is 35.5. The lowest BCUT2D eigenvalue weighted by atomic mass is 9.94. The molecular formula is C31H33ClF3N3O3S. The van der Waals surface area contributed by atoms with Gasteiger partial charge in [0.05, 0.1) is 18.1 Å². The maximum absolute atomic E-state index is 13.8. The molecule has 0 aliphatic carbocycles. The molecule has 0 saturated carbocycles. The van der Waals surface area contributed by atoms with Crippen LogP contribution >= 0.6 is 22.9 Å². The fraction of sp³-hybridized carbons (Fsp3) is 0.323. The molecule has 1 aromatic carbocycles. The summed E-state index contributed by atoms with van der Waals surface area (Å²) in [5.41, 5.74) is 2.53. The number of esters is 1. The maximum atomic E-state index is 13.8. The van der Waals surface area contributed by atoms with Crippen molar-refractivity contribution in [2.45, 2.75) is 53.3 Å². The molecule has 3 heterocycles. The first-order valence-corrected chi connectivity index (χ1v) is 14.6. The van der Waals surface area contributed by atoms with Crippen molar-refractivity contribution in [3.8, 4) is 21.9 Å². The van der Waals surface area contributed by atoms with E-state index in [1.165, 1.54) is 20.1 Å². The van der Waals surface area contributed by atoms with Gasteiger partial charge in [0.15, 0.2) is 4.88 Å². The first kappa shape index (κ1) is 32.9. The van der Waals surface area contributed by atoms with E-state index in [2.05, 4.69) is 9.97 Å². The molecule has 4 aromatic rings. The van der Waals surface area contributed by atoms with Crippen LogP contribution in [0.2, 0.25) is 5.15 Å². The third-order valence-electron chi connectivity index (χ3n) is 6.38. The summed E-state index contributed by atoms with van der Waals surface area (Å²) in [4.78, 5) is 21.3. The van der Waals surface area contributed by atoms with Crippen LogP contribution in [0.15, 0.2) is 72.7 Å². The molecule has 11 heteroatoms. The zero-order valence-electron chi connectivity index (χ0n) is 24.2. The SMILES string of the molecule is CC.CC/C=C\C=C(/C(C)C(C)Oc1cc(-n2cnc3cc(-c4ccnc(Cl)c4)ccc32)sc1C(=O)OC)C(F)(F)F. The molecular weight excluding hydrogens is 587 g/mol. The monoisotopic (exact) mass is 619 g/mol. The summed E-state index contributed by atoms with van der Waals surface area (Å²) >= 11 is 7.14.